The van der Waals surface area contributed by atoms with Crippen LogP contribution >= 0.6 is 0 Å². The predicted molar refractivity (Wildman–Crippen MR) is 75.6 cm³/mol. The van der Waals surface area contributed by atoms with Crippen molar-refractivity contribution in [3.8, 4) is 0 Å². The van der Waals surface area contributed by atoms with Crippen molar-refractivity contribution in [2.75, 3.05) is 53.4 Å². The van der Waals surface area contributed by atoms with Gasteiger partial charge in [-0.3, -0.25) is 0 Å². The number of nitrogens with zero attached hydrogens (tertiary/aromatic N) is 3. The van der Waals surface area contributed by atoms with Crippen LogP contribution in [-0.4, -0.2) is 74.1 Å². The maximum Gasteiger partial charge on any atom is 0.00386 e. The molecule has 0 aromatic heterocycles. The summed E-state index contributed by atoms with van der Waals surface area (Å²) in [5.74, 6) is 0. The first kappa shape index (κ1) is 14.9. The lowest BCUT2D eigenvalue weighted by Gasteiger charge is -2.29. The molecule has 0 spiro atoms. The van der Waals surface area contributed by atoms with Gasteiger partial charge < -0.3 is 14.7 Å². The Morgan fingerprint density at radius 1 is 0.647 bits per heavy atom. The first-order chi connectivity index (χ1) is 8.09. The number of hydrogen-bond acceptors (Lipinski definition) is 3. The van der Waals surface area contributed by atoms with Gasteiger partial charge in [0, 0.05) is 6.04 Å². The maximum absolute atomic E-state index is 2.63. The Morgan fingerprint density at radius 2 is 1.00 bits per heavy atom. The van der Waals surface area contributed by atoms with Crippen molar-refractivity contribution in [2.45, 2.75) is 39.2 Å². The topological polar surface area (TPSA) is 9.72 Å². The average Bonchev–Trinajstić information content (AvgIpc) is 2.25. The van der Waals surface area contributed by atoms with Crippen LogP contribution in [0.15, 0.2) is 0 Å². The van der Waals surface area contributed by atoms with Crippen molar-refractivity contribution in [3.63, 3.8) is 0 Å². The molecule has 0 N–H and O–H groups in total. The number of rotatable bonds is 1. The smallest absolute Gasteiger partial charge is 0.00386 e. The van der Waals surface area contributed by atoms with Crippen molar-refractivity contribution < 1.29 is 0 Å². The molecule has 0 bridgehead atoms. The van der Waals surface area contributed by atoms with Crippen molar-refractivity contribution in [2.24, 2.45) is 0 Å². The van der Waals surface area contributed by atoms with Gasteiger partial charge in [0.15, 0.2) is 0 Å². The summed E-state index contributed by atoms with van der Waals surface area (Å²) in [5.41, 5.74) is 0. The summed E-state index contributed by atoms with van der Waals surface area (Å²) >= 11 is 0. The average molecular weight is 241 g/mol. The zero-order chi connectivity index (χ0) is 12.7. The van der Waals surface area contributed by atoms with Gasteiger partial charge >= 0.3 is 0 Å². The molecule has 3 nitrogen and oxygen atoms in total. The standard InChI is InChI=1S/C14H31N3/c1-14(2)17-12-6-10-15(3)8-5-9-16(4)11-7-13-17/h14H,5-13H2,1-4H3. The Hall–Kier alpha value is -0.120. The van der Waals surface area contributed by atoms with E-state index in [2.05, 4.69) is 42.6 Å². The van der Waals surface area contributed by atoms with E-state index in [1.54, 1.807) is 0 Å². The molecule has 1 saturated heterocycles. The van der Waals surface area contributed by atoms with Gasteiger partial charge in [-0.05, 0) is 86.5 Å². The molecule has 0 atom stereocenters. The van der Waals surface area contributed by atoms with E-state index in [-0.39, 0.29) is 0 Å². The fourth-order valence-electron chi connectivity index (χ4n) is 2.55. The number of hydrogen-bond donors (Lipinski definition) is 0. The van der Waals surface area contributed by atoms with E-state index in [0.717, 1.165) is 0 Å². The highest BCUT2D eigenvalue weighted by atomic mass is 15.2. The van der Waals surface area contributed by atoms with Crippen LogP contribution < -0.4 is 0 Å². The summed E-state index contributed by atoms with van der Waals surface area (Å²) in [7, 11) is 4.51. The highest BCUT2D eigenvalue weighted by molar-refractivity contribution is 4.67. The van der Waals surface area contributed by atoms with Crippen LogP contribution in [0.3, 0.4) is 0 Å². The fraction of sp³-hybridized carbons (Fsp3) is 1.00. The van der Waals surface area contributed by atoms with Crippen LogP contribution in [0.2, 0.25) is 0 Å². The van der Waals surface area contributed by atoms with Gasteiger partial charge in [0.1, 0.15) is 0 Å². The molecule has 0 amide bonds. The molecule has 0 unspecified atom stereocenters. The van der Waals surface area contributed by atoms with Crippen LogP contribution in [0.1, 0.15) is 33.1 Å². The predicted octanol–water partition coefficient (Wildman–Crippen LogP) is 1.74. The summed E-state index contributed by atoms with van der Waals surface area (Å²) in [5, 5.41) is 0. The third-order valence-electron chi connectivity index (χ3n) is 3.78. The molecule has 1 rings (SSSR count). The zero-order valence-electron chi connectivity index (χ0n) is 12.3. The van der Waals surface area contributed by atoms with Crippen molar-refractivity contribution in [1.29, 1.82) is 0 Å². The molecule has 0 aromatic carbocycles. The highest BCUT2D eigenvalue weighted by Crippen LogP contribution is 2.04. The molecular weight excluding hydrogens is 210 g/mol. The molecule has 17 heavy (non-hydrogen) atoms. The van der Waals surface area contributed by atoms with Gasteiger partial charge in [-0.25, -0.2) is 0 Å². The van der Waals surface area contributed by atoms with E-state index >= 15 is 0 Å². The maximum atomic E-state index is 2.63. The molecule has 0 aliphatic carbocycles. The molecule has 1 heterocycles. The first-order valence-electron chi connectivity index (χ1n) is 7.20. The Labute approximate surface area is 108 Å². The Balaban J connectivity index is 2.42. The lowest BCUT2D eigenvalue weighted by Crippen LogP contribution is -2.37. The van der Waals surface area contributed by atoms with Gasteiger partial charge in [-0.15, -0.1) is 0 Å². The Morgan fingerprint density at radius 3 is 1.35 bits per heavy atom. The lowest BCUT2D eigenvalue weighted by atomic mass is 10.2. The van der Waals surface area contributed by atoms with E-state index in [0.29, 0.717) is 6.04 Å². The third-order valence-corrected chi connectivity index (χ3v) is 3.78. The van der Waals surface area contributed by atoms with Crippen LogP contribution in [-0.2, 0) is 0 Å². The fourth-order valence-corrected chi connectivity index (χ4v) is 2.55. The summed E-state index contributed by atoms with van der Waals surface area (Å²) < 4.78 is 0. The molecule has 1 aliphatic rings. The molecule has 0 aromatic rings. The zero-order valence-corrected chi connectivity index (χ0v) is 12.3. The van der Waals surface area contributed by atoms with Gasteiger partial charge in [-0.1, -0.05) is 0 Å². The highest BCUT2D eigenvalue weighted by Gasteiger charge is 2.11. The summed E-state index contributed by atoms with van der Waals surface area (Å²) in [6.45, 7) is 12.1. The molecule has 0 radical (unpaired) electrons. The van der Waals surface area contributed by atoms with Crippen molar-refractivity contribution >= 4 is 0 Å². The monoisotopic (exact) mass is 241 g/mol. The van der Waals surface area contributed by atoms with Crippen LogP contribution in [0.4, 0.5) is 0 Å². The lowest BCUT2D eigenvalue weighted by molar-refractivity contribution is 0.181. The largest absolute Gasteiger partial charge is 0.306 e. The van der Waals surface area contributed by atoms with Crippen LogP contribution in [0.5, 0.6) is 0 Å². The minimum atomic E-state index is 0.688. The minimum Gasteiger partial charge on any atom is -0.306 e. The SMILES string of the molecule is CC(C)N1CCCN(C)CCCN(C)CCC1. The van der Waals surface area contributed by atoms with Gasteiger partial charge in [0.05, 0.1) is 0 Å². The van der Waals surface area contributed by atoms with Crippen LogP contribution in [0, 0.1) is 0 Å². The first-order valence-corrected chi connectivity index (χ1v) is 7.20. The normalized spacial score (nSPS) is 24.5. The van der Waals surface area contributed by atoms with Crippen LogP contribution in [0.25, 0.3) is 0 Å². The Kier molecular flexibility index (Phi) is 7.09. The molecule has 3 heteroatoms. The summed E-state index contributed by atoms with van der Waals surface area (Å²) in [6, 6.07) is 0.688. The van der Waals surface area contributed by atoms with E-state index in [9.17, 15) is 0 Å². The second-order valence-corrected chi connectivity index (χ2v) is 5.80. The van der Waals surface area contributed by atoms with Gasteiger partial charge in [0.25, 0.3) is 0 Å². The van der Waals surface area contributed by atoms with Crippen molar-refractivity contribution in [1.82, 2.24) is 14.7 Å². The van der Waals surface area contributed by atoms with E-state index in [1.807, 2.05) is 0 Å². The van der Waals surface area contributed by atoms with Crippen molar-refractivity contribution in [3.05, 3.63) is 0 Å². The summed E-state index contributed by atoms with van der Waals surface area (Å²) in [6.07, 6.45) is 3.93. The van der Waals surface area contributed by atoms with E-state index < -0.39 is 0 Å². The molecular formula is C14H31N3. The van der Waals surface area contributed by atoms with Gasteiger partial charge in [0.2, 0.25) is 0 Å². The second-order valence-electron chi connectivity index (χ2n) is 5.80. The molecule has 0 saturated carbocycles. The van der Waals surface area contributed by atoms with Gasteiger partial charge in [-0.2, -0.15) is 0 Å². The second kappa shape index (κ2) is 8.06. The van der Waals surface area contributed by atoms with E-state index in [4.69, 9.17) is 0 Å². The minimum absolute atomic E-state index is 0.688. The molecule has 1 fully saturated rings. The van der Waals surface area contributed by atoms with E-state index in [1.165, 1.54) is 58.5 Å². The quantitative estimate of drug-likeness (QED) is 0.692. The Bertz CT molecular complexity index is 178. The molecule has 1 aliphatic heterocycles. The third kappa shape index (κ3) is 6.39. The summed E-state index contributed by atoms with van der Waals surface area (Å²) in [4.78, 5) is 7.59. The molecule has 102 valence electrons.